The number of aromatic nitrogens is 1. The van der Waals surface area contributed by atoms with Crippen molar-refractivity contribution in [2.24, 2.45) is 4.99 Å². The van der Waals surface area contributed by atoms with Crippen molar-refractivity contribution in [3.8, 4) is 0 Å². The van der Waals surface area contributed by atoms with Gasteiger partial charge < -0.3 is 4.90 Å². The van der Waals surface area contributed by atoms with E-state index < -0.39 is 0 Å². The third kappa shape index (κ3) is 3.66. The first-order valence-corrected chi connectivity index (χ1v) is 6.05. The number of carbonyl (C=O) groups is 1. The predicted octanol–water partition coefficient (Wildman–Crippen LogP) is 1.51. The van der Waals surface area contributed by atoms with Crippen molar-refractivity contribution in [3.05, 3.63) is 30.1 Å². The van der Waals surface area contributed by atoms with Crippen LogP contribution in [0.3, 0.4) is 0 Å². The highest BCUT2D eigenvalue weighted by Crippen LogP contribution is 2.09. The highest BCUT2D eigenvalue weighted by Gasteiger charge is 2.18. The molecular weight excluding hydrogens is 214 g/mol. The molecule has 0 spiro atoms. The summed E-state index contributed by atoms with van der Waals surface area (Å²) in [5, 5.41) is 0. The van der Waals surface area contributed by atoms with Crippen LogP contribution in [0.4, 0.5) is 0 Å². The Balaban J connectivity index is 1.66. The summed E-state index contributed by atoms with van der Waals surface area (Å²) in [6, 6.07) is 5.75. The van der Waals surface area contributed by atoms with Gasteiger partial charge in [0.2, 0.25) is 5.91 Å². The van der Waals surface area contributed by atoms with Crippen LogP contribution in [0.25, 0.3) is 0 Å². The van der Waals surface area contributed by atoms with Crippen molar-refractivity contribution in [1.29, 1.82) is 0 Å². The molecule has 4 nitrogen and oxygen atoms in total. The Hall–Kier alpha value is -1.71. The minimum Gasteiger partial charge on any atom is -0.343 e. The third-order valence-electron chi connectivity index (χ3n) is 2.80. The summed E-state index contributed by atoms with van der Waals surface area (Å²) in [4.78, 5) is 21.7. The predicted molar refractivity (Wildman–Crippen MR) is 67.1 cm³/mol. The lowest BCUT2D eigenvalue weighted by Crippen LogP contribution is -2.26. The average Bonchev–Trinajstić information content (AvgIpc) is 2.76. The second kappa shape index (κ2) is 6.13. The van der Waals surface area contributed by atoms with Crippen molar-refractivity contribution in [3.63, 3.8) is 0 Å². The fourth-order valence-corrected chi connectivity index (χ4v) is 1.90. The van der Waals surface area contributed by atoms with Crippen LogP contribution in [0.1, 0.15) is 25.0 Å². The van der Waals surface area contributed by atoms with Gasteiger partial charge in [0.05, 0.1) is 5.69 Å². The highest BCUT2D eigenvalue weighted by atomic mass is 16.2. The van der Waals surface area contributed by atoms with Gasteiger partial charge in [-0.15, -0.1) is 0 Å². The lowest BCUT2D eigenvalue weighted by atomic mass is 10.3. The first kappa shape index (κ1) is 11.8. The standard InChI is InChI=1S/C13H17N3O/c17-13-6-3-9-16(13)10-4-7-14-11-12-5-1-2-8-15-12/h1-2,5,8,11H,3-4,6-7,9-10H2. The SMILES string of the molecule is O=C1CCCN1CCCN=Cc1ccccn1. The summed E-state index contributed by atoms with van der Waals surface area (Å²) in [5.41, 5.74) is 0.879. The minimum absolute atomic E-state index is 0.290. The van der Waals surface area contributed by atoms with Gasteiger partial charge in [0.15, 0.2) is 0 Å². The smallest absolute Gasteiger partial charge is 0.222 e. The van der Waals surface area contributed by atoms with Gasteiger partial charge in [-0.1, -0.05) is 6.07 Å². The minimum atomic E-state index is 0.290. The van der Waals surface area contributed by atoms with Gasteiger partial charge >= 0.3 is 0 Å². The number of hydrogen-bond donors (Lipinski definition) is 0. The van der Waals surface area contributed by atoms with E-state index in [0.29, 0.717) is 5.91 Å². The number of carbonyl (C=O) groups excluding carboxylic acids is 1. The molecule has 0 N–H and O–H groups in total. The van der Waals surface area contributed by atoms with E-state index in [1.807, 2.05) is 23.1 Å². The lowest BCUT2D eigenvalue weighted by Gasteiger charge is -2.13. The molecular formula is C13H17N3O. The molecule has 1 aromatic heterocycles. The Kier molecular flexibility index (Phi) is 4.24. The van der Waals surface area contributed by atoms with Gasteiger partial charge in [-0.3, -0.25) is 14.8 Å². The number of nitrogens with zero attached hydrogens (tertiary/aromatic N) is 3. The molecule has 17 heavy (non-hydrogen) atoms. The third-order valence-corrected chi connectivity index (χ3v) is 2.80. The number of rotatable bonds is 5. The molecule has 1 aromatic rings. The zero-order valence-corrected chi connectivity index (χ0v) is 9.88. The van der Waals surface area contributed by atoms with Gasteiger partial charge in [0.25, 0.3) is 0 Å². The molecule has 0 bridgehead atoms. The number of likely N-dealkylation sites (tertiary alicyclic amines) is 1. The maximum atomic E-state index is 11.3. The van der Waals surface area contributed by atoms with Crippen molar-refractivity contribution in [2.75, 3.05) is 19.6 Å². The molecule has 4 heteroatoms. The summed E-state index contributed by atoms with van der Waals surface area (Å²) in [6.07, 6.45) is 6.19. The van der Waals surface area contributed by atoms with Crippen LogP contribution in [0.2, 0.25) is 0 Å². The van der Waals surface area contributed by atoms with E-state index in [9.17, 15) is 4.79 Å². The zero-order valence-electron chi connectivity index (χ0n) is 9.88. The Labute approximate surface area is 101 Å². The van der Waals surface area contributed by atoms with E-state index in [0.717, 1.165) is 44.6 Å². The Bertz CT molecular complexity index is 389. The van der Waals surface area contributed by atoms with Crippen molar-refractivity contribution in [1.82, 2.24) is 9.88 Å². The normalized spacial score (nSPS) is 16.0. The number of hydrogen-bond acceptors (Lipinski definition) is 3. The highest BCUT2D eigenvalue weighted by molar-refractivity contribution is 5.78. The average molecular weight is 231 g/mol. The number of aliphatic imine (C=N–C) groups is 1. The van der Waals surface area contributed by atoms with Gasteiger partial charge in [0.1, 0.15) is 0 Å². The molecule has 1 amide bonds. The number of pyridine rings is 1. The summed E-state index contributed by atoms with van der Waals surface area (Å²) in [7, 11) is 0. The van der Waals surface area contributed by atoms with Crippen LogP contribution in [0.15, 0.2) is 29.4 Å². The van der Waals surface area contributed by atoms with Crippen LogP contribution in [0, 0.1) is 0 Å². The first-order chi connectivity index (χ1) is 8.36. The van der Waals surface area contributed by atoms with Crippen LogP contribution in [-0.2, 0) is 4.79 Å². The first-order valence-electron chi connectivity index (χ1n) is 6.05. The molecule has 90 valence electrons. The van der Waals surface area contributed by atoms with Crippen LogP contribution in [0.5, 0.6) is 0 Å². The molecule has 0 atom stereocenters. The molecule has 2 rings (SSSR count). The van der Waals surface area contributed by atoms with Gasteiger partial charge in [-0.05, 0) is 25.0 Å². The fourth-order valence-electron chi connectivity index (χ4n) is 1.90. The Morgan fingerprint density at radius 1 is 1.47 bits per heavy atom. The second-order valence-electron chi connectivity index (χ2n) is 4.13. The molecule has 2 heterocycles. The molecule has 1 aliphatic heterocycles. The molecule has 1 saturated heterocycles. The van der Waals surface area contributed by atoms with Crippen LogP contribution < -0.4 is 0 Å². The zero-order chi connectivity index (χ0) is 11.9. The molecule has 0 aliphatic carbocycles. The van der Waals surface area contributed by atoms with E-state index in [2.05, 4.69) is 9.98 Å². The summed E-state index contributed by atoms with van der Waals surface area (Å²) >= 11 is 0. The molecule has 1 aliphatic rings. The van der Waals surface area contributed by atoms with E-state index >= 15 is 0 Å². The lowest BCUT2D eigenvalue weighted by molar-refractivity contribution is -0.127. The monoisotopic (exact) mass is 231 g/mol. The maximum absolute atomic E-state index is 11.3. The topological polar surface area (TPSA) is 45.6 Å². The van der Waals surface area contributed by atoms with Crippen LogP contribution in [-0.4, -0.2) is 41.6 Å². The Morgan fingerprint density at radius 3 is 3.12 bits per heavy atom. The molecule has 0 aromatic carbocycles. The molecule has 0 unspecified atom stereocenters. The summed E-state index contributed by atoms with van der Waals surface area (Å²) in [5.74, 6) is 0.290. The maximum Gasteiger partial charge on any atom is 0.222 e. The summed E-state index contributed by atoms with van der Waals surface area (Å²) < 4.78 is 0. The van der Waals surface area contributed by atoms with E-state index in [1.165, 1.54) is 0 Å². The molecule has 1 fully saturated rings. The molecule has 0 radical (unpaired) electrons. The van der Waals surface area contributed by atoms with Crippen molar-refractivity contribution in [2.45, 2.75) is 19.3 Å². The van der Waals surface area contributed by atoms with Crippen molar-refractivity contribution >= 4 is 12.1 Å². The quantitative estimate of drug-likeness (QED) is 0.569. The van der Waals surface area contributed by atoms with Gasteiger partial charge in [0, 0.05) is 38.5 Å². The fraction of sp³-hybridized carbons (Fsp3) is 0.462. The van der Waals surface area contributed by atoms with Crippen LogP contribution >= 0.6 is 0 Å². The summed E-state index contributed by atoms with van der Waals surface area (Å²) in [6.45, 7) is 2.50. The molecule has 0 saturated carbocycles. The van der Waals surface area contributed by atoms with E-state index in [1.54, 1.807) is 12.4 Å². The van der Waals surface area contributed by atoms with Gasteiger partial charge in [-0.25, -0.2) is 0 Å². The second-order valence-corrected chi connectivity index (χ2v) is 4.13. The van der Waals surface area contributed by atoms with Crippen molar-refractivity contribution < 1.29 is 4.79 Å². The van der Waals surface area contributed by atoms with E-state index in [-0.39, 0.29) is 0 Å². The number of amides is 1. The largest absolute Gasteiger partial charge is 0.343 e. The van der Waals surface area contributed by atoms with Gasteiger partial charge in [-0.2, -0.15) is 0 Å². The Morgan fingerprint density at radius 2 is 2.41 bits per heavy atom. The van der Waals surface area contributed by atoms with E-state index in [4.69, 9.17) is 0 Å².